The summed E-state index contributed by atoms with van der Waals surface area (Å²) in [5, 5.41) is 0. The van der Waals surface area contributed by atoms with E-state index in [1.807, 2.05) is 6.07 Å². The van der Waals surface area contributed by atoms with Crippen molar-refractivity contribution in [2.75, 3.05) is 13.7 Å². The zero-order chi connectivity index (χ0) is 12.8. The fourth-order valence-electron chi connectivity index (χ4n) is 2.66. The number of aryl methyl sites for hydroxylation is 1. The fraction of sp³-hybridized carbons (Fsp3) is 0.625. The van der Waals surface area contributed by atoms with Crippen molar-refractivity contribution in [1.82, 2.24) is 0 Å². The van der Waals surface area contributed by atoms with E-state index in [1.54, 1.807) is 7.11 Å². The average Bonchev–Trinajstić information content (AvgIpc) is 2.90. The average molecular weight is 248 g/mol. The largest absolute Gasteiger partial charge is 0.493 e. The van der Waals surface area contributed by atoms with E-state index in [1.165, 1.54) is 31.2 Å². The van der Waals surface area contributed by atoms with Gasteiger partial charge in [-0.1, -0.05) is 32.3 Å². The molecule has 1 fully saturated rings. The fourth-order valence-corrected chi connectivity index (χ4v) is 2.66. The Balaban J connectivity index is 2.00. The van der Waals surface area contributed by atoms with Crippen LogP contribution in [0.4, 0.5) is 0 Å². The maximum Gasteiger partial charge on any atom is 0.161 e. The molecule has 1 aliphatic carbocycles. The number of ether oxygens (including phenoxy) is 2. The van der Waals surface area contributed by atoms with Crippen LogP contribution in [0.2, 0.25) is 0 Å². The summed E-state index contributed by atoms with van der Waals surface area (Å²) < 4.78 is 11.3. The lowest BCUT2D eigenvalue weighted by Crippen LogP contribution is -2.09. The standard InChI is InChI=1S/C16H24O2/c1-3-6-13-9-10-15(17-2)16(11-13)18-12-14-7-4-5-8-14/h9-11,14H,3-8,12H2,1-2H3. The molecule has 0 saturated heterocycles. The maximum atomic E-state index is 5.97. The molecule has 2 rings (SSSR count). The van der Waals surface area contributed by atoms with Crippen molar-refractivity contribution in [3.8, 4) is 11.5 Å². The minimum atomic E-state index is 0.740. The van der Waals surface area contributed by atoms with E-state index in [2.05, 4.69) is 19.1 Å². The number of rotatable bonds is 6. The van der Waals surface area contributed by atoms with Crippen molar-refractivity contribution in [2.24, 2.45) is 5.92 Å². The van der Waals surface area contributed by atoms with Gasteiger partial charge in [-0.25, -0.2) is 0 Å². The van der Waals surface area contributed by atoms with Gasteiger partial charge in [-0.3, -0.25) is 0 Å². The van der Waals surface area contributed by atoms with Gasteiger partial charge in [-0.05, 0) is 42.9 Å². The first kappa shape index (κ1) is 13.3. The van der Waals surface area contributed by atoms with E-state index in [0.717, 1.165) is 36.9 Å². The van der Waals surface area contributed by atoms with Crippen molar-refractivity contribution in [3.63, 3.8) is 0 Å². The van der Waals surface area contributed by atoms with Crippen molar-refractivity contribution in [1.29, 1.82) is 0 Å². The van der Waals surface area contributed by atoms with Gasteiger partial charge in [0, 0.05) is 0 Å². The molecule has 0 bridgehead atoms. The number of methoxy groups -OCH3 is 1. The van der Waals surface area contributed by atoms with Crippen LogP contribution < -0.4 is 9.47 Å². The Morgan fingerprint density at radius 1 is 1.17 bits per heavy atom. The summed E-state index contributed by atoms with van der Waals surface area (Å²) >= 11 is 0. The zero-order valence-corrected chi connectivity index (χ0v) is 11.6. The van der Waals surface area contributed by atoms with Crippen LogP contribution in [-0.4, -0.2) is 13.7 Å². The SMILES string of the molecule is CCCc1ccc(OC)c(OCC2CCCC2)c1. The summed E-state index contributed by atoms with van der Waals surface area (Å²) in [5.41, 5.74) is 1.33. The van der Waals surface area contributed by atoms with Crippen molar-refractivity contribution >= 4 is 0 Å². The molecular weight excluding hydrogens is 224 g/mol. The van der Waals surface area contributed by atoms with Crippen LogP contribution in [0.5, 0.6) is 11.5 Å². The number of hydrogen-bond donors (Lipinski definition) is 0. The van der Waals surface area contributed by atoms with Crippen LogP contribution in [0.25, 0.3) is 0 Å². The molecule has 100 valence electrons. The van der Waals surface area contributed by atoms with Crippen LogP contribution in [0, 0.1) is 5.92 Å². The molecular formula is C16H24O2. The van der Waals surface area contributed by atoms with E-state index < -0.39 is 0 Å². The van der Waals surface area contributed by atoms with Gasteiger partial charge in [-0.2, -0.15) is 0 Å². The van der Waals surface area contributed by atoms with Crippen LogP contribution in [0.15, 0.2) is 18.2 Å². The molecule has 2 heteroatoms. The molecule has 0 unspecified atom stereocenters. The summed E-state index contributed by atoms with van der Waals surface area (Å²) in [6.45, 7) is 3.04. The topological polar surface area (TPSA) is 18.5 Å². The highest BCUT2D eigenvalue weighted by atomic mass is 16.5. The quantitative estimate of drug-likeness (QED) is 0.750. The predicted octanol–water partition coefficient (Wildman–Crippen LogP) is 4.22. The van der Waals surface area contributed by atoms with Gasteiger partial charge in [0.2, 0.25) is 0 Å². The second-order valence-corrected chi connectivity index (χ2v) is 5.20. The van der Waals surface area contributed by atoms with Gasteiger partial charge >= 0.3 is 0 Å². The summed E-state index contributed by atoms with van der Waals surface area (Å²) in [5.74, 6) is 2.51. The minimum absolute atomic E-state index is 0.740. The molecule has 0 radical (unpaired) electrons. The molecule has 0 aliphatic heterocycles. The molecule has 0 aromatic heterocycles. The Bertz CT molecular complexity index is 367. The highest BCUT2D eigenvalue weighted by Crippen LogP contribution is 2.31. The first-order valence-corrected chi connectivity index (χ1v) is 7.13. The third-order valence-electron chi connectivity index (χ3n) is 3.72. The highest BCUT2D eigenvalue weighted by Gasteiger charge is 2.16. The van der Waals surface area contributed by atoms with Crippen molar-refractivity contribution < 1.29 is 9.47 Å². The van der Waals surface area contributed by atoms with Gasteiger partial charge < -0.3 is 9.47 Å². The smallest absolute Gasteiger partial charge is 0.161 e. The molecule has 1 aromatic rings. The minimum Gasteiger partial charge on any atom is -0.493 e. The van der Waals surface area contributed by atoms with E-state index in [4.69, 9.17) is 9.47 Å². The molecule has 0 N–H and O–H groups in total. The van der Waals surface area contributed by atoms with Gasteiger partial charge in [0.15, 0.2) is 11.5 Å². The Kier molecular flexibility index (Phi) is 4.91. The number of benzene rings is 1. The molecule has 1 aliphatic rings. The Morgan fingerprint density at radius 3 is 2.61 bits per heavy atom. The maximum absolute atomic E-state index is 5.97. The molecule has 0 spiro atoms. The number of hydrogen-bond acceptors (Lipinski definition) is 2. The summed E-state index contributed by atoms with van der Waals surface area (Å²) in [7, 11) is 1.71. The molecule has 0 atom stereocenters. The van der Waals surface area contributed by atoms with Crippen molar-refractivity contribution in [2.45, 2.75) is 45.4 Å². The highest BCUT2D eigenvalue weighted by molar-refractivity contribution is 5.43. The van der Waals surface area contributed by atoms with Crippen LogP contribution in [0.1, 0.15) is 44.6 Å². The summed E-state index contributed by atoms with van der Waals surface area (Å²) in [4.78, 5) is 0. The van der Waals surface area contributed by atoms with E-state index >= 15 is 0 Å². The van der Waals surface area contributed by atoms with Gasteiger partial charge in [-0.15, -0.1) is 0 Å². The molecule has 2 nitrogen and oxygen atoms in total. The third kappa shape index (κ3) is 3.41. The first-order chi connectivity index (χ1) is 8.83. The van der Waals surface area contributed by atoms with E-state index in [9.17, 15) is 0 Å². The Morgan fingerprint density at radius 2 is 1.94 bits per heavy atom. The lowest BCUT2D eigenvalue weighted by Gasteiger charge is -2.15. The first-order valence-electron chi connectivity index (χ1n) is 7.13. The van der Waals surface area contributed by atoms with Crippen molar-refractivity contribution in [3.05, 3.63) is 23.8 Å². The summed E-state index contributed by atoms with van der Waals surface area (Å²) in [6.07, 6.45) is 7.62. The molecule has 18 heavy (non-hydrogen) atoms. The lowest BCUT2D eigenvalue weighted by molar-refractivity contribution is 0.240. The molecule has 1 saturated carbocycles. The monoisotopic (exact) mass is 248 g/mol. The van der Waals surface area contributed by atoms with Crippen LogP contribution >= 0.6 is 0 Å². The Labute approximate surface area is 110 Å². The zero-order valence-electron chi connectivity index (χ0n) is 11.6. The van der Waals surface area contributed by atoms with Gasteiger partial charge in [0.1, 0.15) is 0 Å². The third-order valence-corrected chi connectivity index (χ3v) is 3.72. The normalized spacial score (nSPS) is 15.9. The second-order valence-electron chi connectivity index (χ2n) is 5.20. The van der Waals surface area contributed by atoms with E-state index in [0.29, 0.717) is 0 Å². The van der Waals surface area contributed by atoms with E-state index in [-0.39, 0.29) is 0 Å². The predicted molar refractivity (Wildman–Crippen MR) is 74.4 cm³/mol. The van der Waals surface area contributed by atoms with Gasteiger partial charge in [0.05, 0.1) is 13.7 Å². The van der Waals surface area contributed by atoms with Crippen LogP contribution in [0.3, 0.4) is 0 Å². The summed E-state index contributed by atoms with van der Waals surface area (Å²) in [6, 6.07) is 6.29. The molecule has 1 aromatic carbocycles. The van der Waals surface area contributed by atoms with Crippen LogP contribution in [-0.2, 0) is 6.42 Å². The Hall–Kier alpha value is -1.18. The molecule has 0 heterocycles. The second kappa shape index (κ2) is 6.67. The molecule has 0 amide bonds. The lowest BCUT2D eigenvalue weighted by atomic mass is 10.1. The van der Waals surface area contributed by atoms with Gasteiger partial charge in [0.25, 0.3) is 0 Å².